The van der Waals surface area contributed by atoms with Crippen molar-refractivity contribution in [2.75, 3.05) is 6.61 Å². The third-order valence-corrected chi connectivity index (χ3v) is 1.88. The summed E-state index contributed by atoms with van der Waals surface area (Å²) in [5, 5.41) is 18.8. The van der Waals surface area contributed by atoms with Gasteiger partial charge in [-0.25, -0.2) is 0 Å². The number of aromatic nitrogens is 3. The number of amides is 1. The van der Waals surface area contributed by atoms with E-state index in [1.54, 1.807) is 7.05 Å². The van der Waals surface area contributed by atoms with E-state index < -0.39 is 0 Å². The summed E-state index contributed by atoms with van der Waals surface area (Å²) < 4.78 is 1.45. The predicted octanol–water partition coefficient (Wildman–Crippen LogP) is -0.684. The van der Waals surface area contributed by atoms with Crippen LogP contribution < -0.4 is 5.32 Å². The highest BCUT2D eigenvalue weighted by Gasteiger charge is 2.13. The largest absolute Gasteiger partial charge is 0.394 e. The van der Waals surface area contributed by atoms with Crippen LogP contribution in [0, 0.1) is 0 Å². The van der Waals surface area contributed by atoms with Crippen molar-refractivity contribution in [1.82, 2.24) is 20.3 Å². The molecule has 0 saturated carbocycles. The molecule has 0 saturated heterocycles. The van der Waals surface area contributed by atoms with Gasteiger partial charge in [0.2, 0.25) is 0 Å². The van der Waals surface area contributed by atoms with Gasteiger partial charge in [0.25, 0.3) is 5.91 Å². The first-order valence-corrected chi connectivity index (χ1v) is 4.45. The molecule has 0 aliphatic carbocycles. The van der Waals surface area contributed by atoms with E-state index in [-0.39, 0.29) is 24.2 Å². The Labute approximate surface area is 81.9 Å². The molecule has 1 rings (SSSR count). The van der Waals surface area contributed by atoms with Gasteiger partial charge in [-0.15, -0.1) is 5.10 Å². The Bertz CT molecular complexity index is 306. The van der Waals surface area contributed by atoms with Crippen molar-refractivity contribution < 1.29 is 9.90 Å². The molecule has 0 radical (unpaired) electrons. The van der Waals surface area contributed by atoms with Crippen molar-refractivity contribution in [2.24, 2.45) is 7.05 Å². The topological polar surface area (TPSA) is 80.0 Å². The van der Waals surface area contributed by atoms with Gasteiger partial charge in [-0.1, -0.05) is 12.1 Å². The second kappa shape index (κ2) is 4.71. The maximum Gasteiger partial charge on any atom is 0.273 e. The molecule has 14 heavy (non-hydrogen) atoms. The Balaban J connectivity index is 2.58. The Hall–Kier alpha value is -1.43. The molecule has 6 nitrogen and oxygen atoms in total. The van der Waals surface area contributed by atoms with Gasteiger partial charge in [-0.3, -0.25) is 9.48 Å². The quantitative estimate of drug-likeness (QED) is 0.671. The number of rotatable bonds is 4. The van der Waals surface area contributed by atoms with Crippen LogP contribution in [0.25, 0.3) is 0 Å². The van der Waals surface area contributed by atoms with E-state index in [2.05, 4.69) is 15.6 Å². The highest BCUT2D eigenvalue weighted by atomic mass is 16.3. The molecule has 0 aliphatic heterocycles. The summed E-state index contributed by atoms with van der Waals surface area (Å²) in [5.41, 5.74) is 0.263. The van der Waals surface area contributed by atoms with E-state index in [0.29, 0.717) is 6.42 Å². The second-order valence-electron chi connectivity index (χ2n) is 3.04. The molecule has 6 heteroatoms. The van der Waals surface area contributed by atoms with Crippen LogP contribution in [0.15, 0.2) is 6.20 Å². The van der Waals surface area contributed by atoms with Gasteiger partial charge in [-0.05, 0) is 6.42 Å². The molecule has 0 spiro atoms. The summed E-state index contributed by atoms with van der Waals surface area (Å²) >= 11 is 0. The minimum absolute atomic E-state index is 0.0670. The van der Waals surface area contributed by atoms with Crippen LogP contribution in [0.2, 0.25) is 0 Å². The van der Waals surface area contributed by atoms with Crippen LogP contribution in [0.1, 0.15) is 23.8 Å². The summed E-state index contributed by atoms with van der Waals surface area (Å²) in [5.74, 6) is -0.306. The lowest BCUT2D eigenvalue weighted by Crippen LogP contribution is -2.37. The molecule has 1 unspecified atom stereocenters. The molecule has 1 aromatic heterocycles. The summed E-state index contributed by atoms with van der Waals surface area (Å²) in [6, 6.07) is -0.218. The number of nitrogens with zero attached hydrogens (tertiary/aromatic N) is 3. The summed E-state index contributed by atoms with van der Waals surface area (Å²) in [4.78, 5) is 11.4. The zero-order valence-corrected chi connectivity index (χ0v) is 8.27. The molecule has 0 bridgehead atoms. The third-order valence-electron chi connectivity index (χ3n) is 1.88. The molecule has 1 aromatic rings. The fourth-order valence-corrected chi connectivity index (χ4v) is 0.988. The van der Waals surface area contributed by atoms with E-state index in [1.807, 2.05) is 6.92 Å². The van der Waals surface area contributed by atoms with E-state index in [9.17, 15) is 4.79 Å². The zero-order chi connectivity index (χ0) is 10.6. The van der Waals surface area contributed by atoms with E-state index >= 15 is 0 Å². The molecule has 0 aliphatic rings. The SMILES string of the molecule is CCC(CO)NC(=O)c1cn(C)nn1. The Kier molecular flexibility index (Phi) is 3.58. The lowest BCUT2D eigenvalue weighted by Gasteiger charge is -2.12. The number of carbonyl (C=O) groups excluding carboxylic acids is 1. The second-order valence-corrected chi connectivity index (χ2v) is 3.04. The Morgan fingerprint density at radius 2 is 2.50 bits per heavy atom. The van der Waals surface area contributed by atoms with Gasteiger partial charge in [0.1, 0.15) is 0 Å². The third kappa shape index (κ3) is 2.53. The average molecular weight is 198 g/mol. The first-order chi connectivity index (χ1) is 6.67. The maximum atomic E-state index is 11.4. The molecule has 1 amide bonds. The zero-order valence-electron chi connectivity index (χ0n) is 8.27. The van der Waals surface area contributed by atoms with Crippen LogP contribution in [0.3, 0.4) is 0 Å². The monoisotopic (exact) mass is 198 g/mol. The molecule has 1 heterocycles. The number of carbonyl (C=O) groups is 1. The van der Waals surface area contributed by atoms with Crippen molar-refractivity contribution >= 4 is 5.91 Å². The van der Waals surface area contributed by atoms with Crippen molar-refractivity contribution in [3.05, 3.63) is 11.9 Å². The van der Waals surface area contributed by atoms with Gasteiger partial charge < -0.3 is 10.4 Å². The number of aryl methyl sites for hydroxylation is 1. The molecular weight excluding hydrogens is 184 g/mol. The van der Waals surface area contributed by atoms with Crippen molar-refractivity contribution in [1.29, 1.82) is 0 Å². The smallest absolute Gasteiger partial charge is 0.273 e. The van der Waals surface area contributed by atoms with Gasteiger partial charge >= 0.3 is 0 Å². The molecule has 2 N–H and O–H groups in total. The molecular formula is C8H14N4O2. The van der Waals surface area contributed by atoms with Crippen LogP contribution >= 0.6 is 0 Å². The first kappa shape index (κ1) is 10.6. The number of nitrogens with one attached hydrogen (secondary N) is 1. The number of aliphatic hydroxyl groups excluding tert-OH is 1. The van der Waals surface area contributed by atoms with E-state index in [1.165, 1.54) is 10.9 Å². The minimum atomic E-state index is -0.306. The number of hydrogen-bond acceptors (Lipinski definition) is 4. The van der Waals surface area contributed by atoms with Crippen LogP contribution in [0.4, 0.5) is 0 Å². The van der Waals surface area contributed by atoms with Crippen molar-refractivity contribution in [3.63, 3.8) is 0 Å². The maximum absolute atomic E-state index is 11.4. The number of hydrogen-bond donors (Lipinski definition) is 2. The standard InChI is InChI=1S/C8H14N4O2/c1-3-6(5-13)9-8(14)7-4-12(2)11-10-7/h4,6,13H,3,5H2,1-2H3,(H,9,14). The first-order valence-electron chi connectivity index (χ1n) is 4.45. The van der Waals surface area contributed by atoms with Gasteiger partial charge in [0.15, 0.2) is 5.69 Å². The molecule has 0 fully saturated rings. The summed E-state index contributed by atoms with van der Waals surface area (Å²) in [6.45, 7) is 1.82. The molecule has 78 valence electrons. The van der Waals surface area contributed by atoms with Crippen LogP contribution in [0.5, 0.6) is 0 Å². The fraction of sp³-hybridized carbons (Fsp3) is 0.625. The van der Waals surface area contributed by atoms with Crippen LogP contribution in [-0.4, -0.2) is 38.7 Å². The lowest BCUT2D eigenvalue weighted by atomic mass is 10.2. The van der Waals surface area contributed by atoms with Gasteiger partial charge in [0, 0.05) is 7.05 Å². The van der Waals surface area contributed by atoms with Gasteiger partial charge in [-0.2, -0.15) is 0 Å². The van der Waals surface area contributed by atoms with Crippen molar-refractivity contribution in [3.8, 4) is 0 Å². The van der Waals surface area contributed by atoms with E-state index in [4.69, 9.17) is 5.11 Å². The fourth-order valence-electron chi connectivity index (χ4n) is 0.988. The molecule has 0 aromatic carbocycles. The highest BCUT2D eigenvalue weighted by Crippen LogP contribution is 1.95. The summed E-state index contributed by atoms with van der Waals surface area (Å²) in [7, 11) is 1.69. The Morgan fingerprint density at radius 1 is 1.79 bits per heavy atom. The number of aliphatic hydroxyl groups is 1. The van der Waals surface area contributed by atoms with Crippen molar-refractivity contribution in [2.45, 2.75) is 19.4 Å². The normalized spacial score (nSPS) is 12.5. The average Bonchev–Trinajstić information content (AvgIpc) is 2.61. The van der Waals surface area contributed by atoms with Gasteiger partial charge in [0.05, 0.1) is 18.8 Å². The predicted molar refractivity (Wildman–Crippen MR) is 49.6 cm³/mol. The highest BCUT2D eigenvalue weighted by molar-refractivity contribution is 5.92. The Morgan fingerprint density at radius 3 is 2.93 bits per heavy atom. The minimum Gasteiger partial charge on any atom is -0.394 e. The molecule has 1 atom stereocenters. The van der Waals surface area contributed by atoms with Crippen LogP contribution in [-0.2, 0) is 7.05 Å². The summed E-state index contributed by atoms with van der Waals surface area (Å²) in [6.07, 6.45) is 2.21. The lowest BCUT2D eigenvalue weighted by molar-refractivity contribution is 0.0910. The van der Waals surface area contributed by atoms with E-state index in [0.717, 1.165) is 0 Å².